The predicted molar refractivity (Wildman–Crippen MR) is 108 cm³/mol. The molecule has 146 valence electrons. The fourth-order valence-corrected chi connectivity index (χ4v) is 4.11. The van der Waals surface area contributed by atoms with Crippen LogP contribution in [-0.2, 0) is 11.8 Å². The van der Waals surface area contributed by atoms with Gasteiger partial charge in [0.2, 0.25) is 5.88 Å². The molecule has 0 N–H and O–H groups in total. The molecule has 2 aliphatic rings. The molecular formula is C21H25N5O2. The molecule has 5 heterocycles. The second-order valence-electron chi connectivity index (χ2n) is 7.51. The summed E-state index contributed by atoms with van der Waals surface area (Å²) in [6.07, 6.45) is 8.04. The van der Waals surface area contributed by atoms with Crippen LogP contribution in [0.4, 0.5) is 5.82 Å². The standard InChI is InChI=1S/C21H25N5O2/c1-25-17-5-9-23-21(28-16-6-12-27-13-7-16)19(17)20(24-25)15-4-8-22-18(14-15)26-10-2-3-11-26/h4-5,8-9,14,16H,2-3,6-7,10-13H2,1H3. The quantitative estimate of drug-likeness (QED) is 0.694. The van der Waals surface area contributed by atoms with Crippen LogP contribution in [0, 0.1) is 0 Å². The Morgan fingerprint density at radius 1 is 1.07 bits per heavy atom. The smallest absolute Gasteiger partial charge is 0.225 e. The molecule has 0 unspecified atom stereocenters. The highest BCUT2D eigenvalue weighted by molar-refractivity contribution is 5.97. The SMILES string of the molecule is Cn1nc(-c2ccnc(N3CCCC3)c2)c2c(OC3CCOCC3)nccc21. The molecule has 0 radical (unpaired) electrons. The molecule has 0 atom stereocenters. The van der Waals surface area contributed by atoms with Crippen molar-refractivity contribution < 1.29 is 9.47 Å². The van der Waals surface area contributed by atoms with Crippen molar-refractivity contribution in [1.82, 2.24) is 19.7 Å². The lowest BCUT2D eigenvalue weighted by Crippen LogP contribution is -2.26. The fraction of sp³-hybridized carbons (Fsp3) is 0.476. The van der Waals surface area contributed by atoms with Crippen LogP contribution in [0.3, 0.4) is 0 Å². The van der Waals surface area contributed by atoms with E-state index in [1.165, 1.54) is 12.8 Å². The van der Waals surface area contributed by atoms with Crippen molar-refractivity contribution in [3.8, 4) is 17.1 Å². The molecule has 0 aliphatic carbocycles. The summed E-state index contributed by atoms with van der Waals surface area (Å²) in [6, 6.07) is 6.15. The largest absolute Gasteiger partial charge is 0.474 e. The number of anilines is 1. The molecule has 2 fully saturated rings. The van der Waals surface area contributed by atoms with Crippen LogP contribution < -0.4 is 9.64 Å². The minimum absolute atomic E-state index is 0.137. The first-order valence-electron chi connectivity index (χ1n) is 10.1. The van der Waals surface area contributed by atoms with E-state index in [1.807, 2.05) is 30.1 Å². The van der Waals surface area contributed by atoms with Gasteiger partial charge >= 0.3 is 0 Å². The molecular weight excluding hydrogens is 354 g/mol. The number of hydrogen-bond acceptors (Lipinski definition) is 6. The maximum atomic E-state index is 6.30. The third-order valence-electron chi connectivity index (χ3n) is 5.63. The molecule has 7 heteroatoms. The van der Waals surface area contributed by atoms with Crippen LogP contribution in [0.1, 0.15) is 25.7 Å². The summed E-state index contributed by atoms with van der Waals surface area (Å²) < 4.78 is 13.7. The molecule has 5 rings (SSSR count). The van der Waals surface area contributed by atoms with E-state index in [9.17, 15) is 0 Å². The lowest BCUT2D eigenvalue weighted by atomic mass is 10.1. The van der Waals surface area contributed by atoms with Gasteiger partial charge in [-0.2, -0.15) is 5.10 Å². The number of ether oxygens (including phenoxy) is 2. The highest BCUT2D eigenvalue weighted by atomic mass is 16.5. The van der Waals surface area contributed by atoms with Crippen molar-refractivity contribution in [2.75, 3.05) is 31.2 Å². The summed E-state index contributed by atoms with van der Waals surface area (Å²) in [7, 11) is 1.96. The maximum absolute atomic E-state index is 6.30. The van der Waals surface area contributed by atoms with E-state index in [4.69, 9.17) is 14.6 Å². The molecule has 7 nitrogen and oxygen atoms in total. The van der Waals surface area contributed by atoms with Crippen molar-refractivity contribution in [3.63, 3.8) is 0 Å². The van der Waals surface area contributed by atoms with Gasteiger partial charge in [-0.15, -0.1) is 0 Å². The van der Waals surface area contributed by atoms with Gasteiger partial charge in [0.15, 0.2) is 0 Å². The normalized spacial score (nSPS) is 18.1. The Kier molecular flexibility index (Phi) is 4.60. The third kappa shape index (κ3) is 3.20. The second kappa shape index (κ2) is 7.39. The van der Waals surface area contributed by atoms with Gasteiger partial charge in [-0.05, 0) is 31.0 Å². The number of aryl methyl sites for hydroxylation is 1. The van der Waals surface area contributed by atoms with Crippen molar-refractivity contribution in [3.05, 3.63) is 30.6 Å². The van der Waals surface area contributed by atoms with Gasteiger partial charge < -0.3 is 14.4 Å². The lowest BCUT2D eigenvalue weighted by molar-refractivity contribution is 0.0244. The highest BCUT2D eigenvalue weighted by Crippen LogP contribution is 2.35. The van der Waals surface area contributed by atoms with Crippen LogP contribution in [-0.4, -0.2) is 52.2 Å². The molecule has 2 aliphatic heterocycles. The van der Waals surface area contributed by atoms with Gasteiger partial charge in [-0.1, -0.05) is 0 Å². The zero-order chi connectivity index (χ0) is 18.9. The average Bonchev–Trinajstić information content (AvgIpc) is 3.38. The minimum Gasteiger partial charge on any atom is -0.474 e. The van der Waals surface area contributed by atoms with E-state index in [0.717, 1.165) is 67.1 Å². The molecule has 0 amide bonds. The topological polar surface area (TPSA) is 65.3 Å². The number of nitrogens with zero attached hydrogens (tertiary/aromatic N) is 5. The van der Waals surface area contributed by atoms with Gasteiger partial charge in [-0.25, -0.2) is 9.97 Å². The van der Waals surface area contributed by atoms with Gasteiger partial charge in [0.25, 0.3) is 0 Å². The molecule has 3 aromatic heterocycles. The summed E-state index contributed by atoms with van der Waals surface area (Å²) in [6.45, 7) is 3.62. The monoisotopic (exact) mass is 379 g/mol. The highest BCUT2D eigenvalue weighted by Gasteiger charge is 2.22. The fourth-order valence-electron chi connectivity index (χ4n) is 4.11. The van der Waals surface area contributed by atoms with Crippen molar-refractivity contribution in [2.45, 2.75) is 31.8 Å². The molecule has 28 heavy (non-hydrogen) atoms. The van der Waals surface area contributed by atoms with Crippen LogP contribution in [0.2, 0.25) is 0 Å². The third-order valence-corrected chi connectivity index (χ3v) is 5.63. The van der Waals surface area contributed by atoms with Gasteiger partial charge in [0.1, 0.15) is 17.6 Å². The van der Waals surface area contributed by atoms with Crippen LogP contribution in [0.15, 0.2) is 30.6 Å². The number of hydrogen-bond donors (Lipinski definition) is 0. The average molecular weight is 379 g/mol. The van der Waals surface area contributed by atoms with Crippen molar-refractivity contribution >= 4 is 16.7 Å². The Balaban J connectivity index is 1.56. The van der Waals surface area contributed by atoms with Crippen molar-refractivity contribution in [2.24, 2.45) is 7.05 Å². The number of aromatic nitrogens is 4. The van der Waals surface area contributed by atoms with E-state index < -0.39 is 0 Å². The molecule has 0 saturated carbocycles. The maximum Gasteiger partial charge on any atom is 0.225 e. The summed E-state index contributed by atoms with van der Waals surface area (Å²) in [5.74, 6) is 1.68. The summed E-state index contributed by atoms with van der Waals surface area (Å²) in [4.78, 5) is 11.5. The van der Waals surface area contributed by atoms with E-state index in [2.05, 4.69) is 20.9 Å². The molecule has 0 aromatic carbocycles. The first kappa shape index (κ1) is 17.4. The Hall–Kier alpha value is -2.67. The first-order valence-corrected chi connectivity index (χ1v) is 10.1. The Labute approximate surface area is 164 Å². The summed E-state index contributed by atoms with van der Waals surface area (Å²) in [5.41, 5.74) is 2.97. The van der Waals surface area contributed by atoms with E-state index in [-0.39, 0.29) is 6.10 Å². The van der Waals surface area contributed by atoms with Crippen molar-refractivity contribution in [1.29, 1.82) is 0 Å². The lowest BCUT2D eigenvalue weighted by Gasteiger charge is -2.23. The minimum atomic E-state index is 0.137. The van der Waals surface area contributed by atoms with E-state index in [0.29, 0.717) is 5.88 Å². The van der Waals surface area contributed by atoms with Crippen LogP contribution >= 0.6 is 0 Å². The molecule has 0 bridgehead atoms. The summed E-state index contributed by atoms with van der Waals surface area (Å²) >= 11 is 0. The Morgan fingerprint density at radius 2 is 1.86 bits per heavy atom. The Bertz CT molecular complexity index is 974. The van der Waals surface area contributed by atoms with Crippen LogP contribution in [0.5, 0.6) is 5.88 Å². The Morgan fingerprint density at radius 3 is 2.68 bits per heavy atom. The van der Waals surface area contributed by atoms with E-state index in [1.54, 1.807) is 6.20 Å². The van der Waals surface area contributed by atoms with Gasteiger partial charge in [0.05, 0.1) is 24.1 Å². The van der Waals surface area contributed by atoms with Gasteiger partial charge in [-0.3, -0.25) is 4.68 Å². The number of rotatable bonds is 4. The molecule has 2 saturated heterocycles. The zero-order valence-corrected chi connectivity index (χ0v) is 16.2. The molecule has 3 aromatic rings. The zero-order valence-electron chi connectivity index (χ0n) is 16.2. The summed E-state index contributed by atoms with van der Waals surface area (Å²) in [5, 5.41) is 5.77. The molecule has 0 spiro atoms. The predicted octanol–water partition coefficient (Wildman–Crippen LogP) is 3.19. The first-order chi connectivity index (χ1) is 13.8. The number of fused-ring (bicyclic) bond motifs is 1. The second-order valence-corrected chi connectivity index (χ2v) is 7.51. The number of pyridine rings is 2. The van der Waals surface area contributed by atoms with Crippen LogP contribution in [0.25, 0.3) is 22.2 Å². The van der Waals surface area contributed by atoms with Gasteiger partial charge in [0, 0.05) is 50.9 Å². The van der Waals surface area contributed by atoms with E-state index >= 15 is 0 Å².